The minimum Gasteiger partial charge on any atom is -0.478 e. The quantitative estimate of drug-likeness (QED) is 0.175. The van der Waals surface area contributed by atoms with Gasteiger partial charge in [0, 0.05) is 41.6 Å². The first kappa shape index (κ1) is 37.0. The number of carboxylic acids is 1. The van der Waals surface area contributed by atoms with Crippen molar-refractivity contribution in [1.29, 1.82) is 0 Å². The van der Waals surface area contributed by atoms with Crippen molar-refractivity contribution < 1.29 is 33.4 Å². The van der Waals surface area contributed by atoms with Crippen LogP contribution in [0.2, 0.25) is 0 Å². The molecule has 12 heteroatoms. The number of aromatic carboxylic acids is 1. The van der Waals surface area contributed by atoms with E-state index in [1.54, 1.807) is 49.4 Å². The Morgan fingerprint density at radius 2 is 1.67 bits per heavy atom. The van der Waals surface area contributed by atoms with Crippen molar-refractivity contribution in [2.24, 2.45) is 33.0 Å². The molecule has 1 fully saturated rings. The Balaban J connectivity index is 1.27. The third kappa shape index (κ3) is 10.1. The van der Waals surface area contributed by atoms with Crippen LogP contribution < -0.4 is 10.6 Å². The standard InChI is InChI=1S/C39H44FN5O6/c1-23-17-28(37(48)49)12-16-31(23)32-15-7-25(19-33(32)40)18-29(36(47)44-30-13-10-27(11-14-30)35-42-22-43-45-35)20-34(46)26-8-5-24(6-9-26)21-41-38(50)51-39(2,3)4/h7,10-17,19,24,26,29H,5-6,8-9,18,20-22H2,1-4H3,(H,41,50)(H,44,47)(H,48,49)/t24?,26?,29-/m1/s1. The van der Waals surface area contributed by atoms with Gasteiger partial charge in [0.2, 0.25) is 5.91 Å². The van der Waals surface area contributed by atoms with Gasteiger partial charge in [-0.2, -0.15) is 5.11 Å². The Labute approximate surface area is 296 Å². The predicted octanol–water partition coefficient (Wildman–Crippen LogP) is 7.76. The second-order valence-corrected chi connectivity index (χ2v) is 14.3. The molecule has 0 saturated heterocycles. The van der Waals surface area contributed by atoms with Crippen molar-refractivity contribution in [3.05, 3.63) is 88.7 Å². The van der Waals surface area contributed by atoms with Gasteiger partial charge in [0.1, 0.15) is 17.2 Å². The minimum absolute atomic E-state index is 0.00821. The van der Waals surface area contributed by atoms with Gasteiger partial charge >= 0.3 is 12.1 Å². The molecule has 3 aromatic rings. The number of azo groups is 1. The van der Waals surface area contributed by atoms with Crippen molar-refractivity contribution >= 4 is 35.3 Å². The SMILES string of the molecule is Cc1cc(C(=O)O)ccc1-c1ccc(C[C@H](CC(=O)C2CCC(CNC(=O)OC(C)(C)C)CC2)C(=O)Nc2ccc(C3=NCN=N3)cc2)cc1F. The summed E-state index contributed by atoms with van der Waals surface area (Å²) in [7, 11) is 0. The van der Waals surface area contributed by atoms with Crippen LogP contribution in [0.25, 0.3) is 11.1 Å². The maximum absolute atomic E-state index is 15.6. The lowest BCUT2D eigenvalue weighted by Crippen LogP contribution is -2.37. The van der Waals surface area contributed by atoms with Gasteiger partial charge in [-0.15, -0.1) is 5.11 Å². The molecule has 5 rings (SSSR count). The third-order valence-electron chi connectivity index (χ3n) is 9.19. The Morgan fingerprint density at radius 3 is 2.27 bits per heavy atom. The van der Waals surface area contributed by atoms with Gasteiger partial charge in [0.15, 0.2) is 12.5 Å². The van der Waals surface area contributed by atoms with E-state index >= 15 is 4.39 Å². The number of carboxylic acid groups (broad SMARTS) is 1. The highest BCUT2D eigenvalue weighted by Gasteiger charge is 2.31. The molecule has 3 aromatic carbocycles. The fraction of sp³-hybridized carbons (Fsp3) is 0.410. The summed E-state index contributed by atoms with van der Waals surface area (Å²) in [5.41, 5.74) is 2.90. The molecule has 0 unspecified atom stereocenters. The molecular weight excluding hydrogens is 653 g/mol. The zero-order valence-corrected chi connectivity index (χ0v) is 29.4. The normalized spacial score (nSPS) is 17.7. The zero-order chi connectivity index (χ0) is 36.7. The minimum atomic E-state index is -1.06. The van der Waals surface area contributed by atoms with Crippen LogP contribution >= 0.6 is 0 Å². The molecule has 2 aliphatic rings. The molecule has 3 N–H and O–H groups in total. The highest BCUT2D eigenvalue weighted by Crippen LogP contribution is 2.32. The summed E-state index contributed by atoms with van der Waals surface area (Å²) in [6, 6.07) is 16.3. The van der Waals surface area contributed by atoms with Gasteiger partial charge in [-0.25, -0.2) is 19.0 Å². The Bertz CT molecular complexity index is 1840. The number of Topliss-reactive ketones (excluding diaryl/α,β-unsaturated/α-hetero) is 1. The van der Waals surface area contributed by atoms with E-state index in [0.717, 1.165) is 18.4 Å². The molecule has 1 atom stereocenters. The molecule has 0 spiro atoms. The largest absolute Gasteiger partial charge is 0.478 e. The number of nitrogens with one attached hydrogen (secondary N) is 2. The number of benzene rings is 3. The number of hydrogen-bond donors (Lipinski definition) is 3. The molecule has 2 amide bonds. The fourth-order valence-electron chi connectivity index (χ4n) is 6.51. The summed E-state index contributed by atoms with van der Waals surface area (Å²) in [5, 5.41) is 22.9. The summed E-state index contributed by atoms with van der Waals surface area (Å²) < 4.78 is 20.9. The van der Waals surface area contributed by atoms with Crippen LogP contribution in [-0.2, 0) is 20.7 Å². The average molecular weight is 698 g/mol. The summed E-state index contributed by atoms with van der Waals surface area (Å²) in [4.78, 5) is 55.1. The van der Waals surface area contributed by atoms with Crippen molar-refractivity contribution in [2.75, 3.05) is 18.5 Å². The van der Waals surface area contributed by atoms with Gasteiger partial charge in [-0.1, -0.05) is 18.2 Å². The highest BCUT2D eigenvalue weighted by atomic mass is 19.1. The van der Waals surface area contributed by atoms with Crippen molar-refractivity contribution in [2.45, 2.75) is 71.8 Å². The van der Waals surface area contributed by atoms with Crippen LogP contribution in [0.1, 0.15) is 79.9 Å². The van der Waals surface area contributed by atoms with E-state index < -0.39 is 29.4 Å². The van der Waals surface area contributed by atoms with Crippen LogP contribution in [0.15, 0.2) is 75.9 Å². The summed E-state index contributed by atoms with van der Waals surface area (Å²) in [6.45, 7) is 7.91. The van der Waals surface area contributed by atoms with Gasteiger partial charge in [0.05, 0.1) is 5.56 Å². The molecule has 1 heterocycles. The molecule has 51 heavy (non-hydrogen) atoms. The van der Waals surface area contributed by atoms with Crippen molar-refractivity contribution in [3.8, 4) is 11.1 Å². The monoisotopic (exact) mass is 697 g/mol. The van der Waals surface area contributed by atoms with E-state index in [9.17, 15) is 24.3 Å². The molecule has 1 aliphatic carbocycles. The van der Waals surface area contributed by atoms with E-state index in [2.05, 4.69) is 25.9 Å². The molecule has 11 nitrogen and oxygen atoms in total. The van der Waals surface area contributed by atoms with E-state index in [0.29, 0.717) is 53.2 Å². The third-order valence-corrected chi connectivity index (χ3v) is 9.19. The number of anilines is 1. The van der Waals surface area contributed by atoms with Gasteiger partial charge in [0.25, 0.3) is 0 Å². The van der Waals surface area contributed by atoms with E-state index in [1.165, 1.54) is 18.2 Å². The molecule has 0 radical (unpaired) electrons. The number of rotatable bonds is 12. The number of alkyl carbamates (subject to hydrolysis) is 1. The fourth-order valence-corrected chi connectivity index (χ4v) is 6.51. The molecule has 0 bridgehead atoms. The number of nitrogens with zero attached hydrogens (tertiary/aromatic N) is 3. The molecular formula is C39H44FN5O6. The Hall–Kier alpha value is -5.26. The van der Waals surface area contributed by atoms with Crippen LogP contribution in [0.4, 0.5) is 14.9 Å². The number of carbonyl (C=O) groups excluding carboxylic acids is 3. The van der Waals surface area contributed by atoms with Gasteiger partial charge in [-0.05, 0) is 125 Å². The highest BCUT2D eigenvalue weighted by molar-refractivity contribution is 6.01. The maximum atomic E-state index is 15.6. The second kappa shape index (κ2) is 16.2. The van der Waals surface area contributed by atoms with Crippen molar-refractivity contribution in [1.82, 2.24) is 5.32 Å². The lowest BCUT2D eigenvalue weighted by Gasteiger charge is -2.29. The molecule has 0 aromatic heterocycles. The lowest BCUT2D eigenvalue weighted by molar-refractivity contribution is -0.129. The predicted molar refractivity (Wildman–Crippen MR) is 191 cm³/mol. The molecule has 1 saturated carbocycles. The van der Waals surface area contributed by atoms with Crippen LogP contribution in [-0.4, -0.2) is 53.5 Å². The summed E-state index contributed by atoms with van der Waals surface area (Å²) in [6.07, 6.45) is 2.50. The number of ether oxygens (including phenoxy) is 1. The van der Waals surface area contributed by atoms with Crippen LogP contribution in [0.5, 0.6) is 0 Å². The average Bonchev–Trinajstić information content (AvgIpc) is 3.62. The first-order chi connectivity index (χ1) is 24.3. The molecule has 1 aliphatic heterocycles. The number of aliphatic imine (C=N–C) groups is 1. The lowest BCUT2D eigenvalue weighted by atomic mass is 9.77. The van der Waals surface area contributed by atoms with E-state index in [4.69, 9.17) is 4.74 Å². The number of aryl methyl sites for hydroxylation is 1. The van der Waals surface area contributed by atoms with Gasteiger partial charge in [-0.3, -0.25) is 9.59 Å². The molecule has 268 valence electrons. The number of hydrogen-bond acceptors (Lipinski definition) is 8. The summed E-state index contributed by atoms with van der Waals surface area (Å²) in [5.74, 6) is -2.17. The maximum Gasteiger partial charge on any atom is 0.407 e. The first-order valence-corrected chi connectivity index (χ1v) is 17.2. The summed E-state index contributed by atoms with van der Waals surface area (Å²) >= 11 is 0. The number of amidine groups is 1. The van der Waals surface area contributed by atoms with E-state index in [-0.39, 0.29) is 48.6 Å². The number of ketones is 1. The number of amides is 2. The van der Waals surface area contributed by atoms with Gasteiger partial charge < -0.3 is 20.5 Å². The van der Waals surface area contributed by atoms with Crippen molar-refractivity contribution in [3.63, 3.8) is 0 Å². The number of halogens is 1. The topological polar surface area (TPSA) is 159 Å². The van der Waals surface area contributed by atoms with E-state index in [1.807, 2.05) is 20.8 Å². The van der Waals surface area contributed by atoms with Crippen LogP contribution in [0.3, 0.4) is 0 Å². The Kier molecular flexibility index (Phi) is 11.7. The Morgan fingerprint density at radius 1 is 0.961 bits per heavy atom. The first-order valence-electron chi connectivity index (χ1n) is 17.2. The zero-order valence-electron chi connectivity index (χ0n) is 29.4. The van der Waals surface area contributed by atoms with Crippen LogP contribution in [0, 0.1) is 30.5 Å². The number of carbonyl (C=O) groups is 4. The smallest absolute Gasteiger partial charge is 0.407 e. The second-order valence-electron chi connectivity index (χ2n) is 14.3.